The number of hydrogen-bond acceptors (Lipinski definition) is 6. The topological polar surface area (TPSA) is 139 Å². The molecule has 1 heterocycles. The highest BCUT2D eigenvalue weighted by atomic mass is 32.2. The van der Waals surface area contributed by atoms with E-state index in [0.29, 0.717) is 19.5 Å². The van der Waals surface area contributed by atoms with Gasteiger partial charge in [-0.25, -0.2) is 13.1 Å². The fourth-order valence-corrected chi connectivity index (χ4v) is 3.82. The Morgan fingerprint density at radius 1 is 1.38 bits per heavy atom. The second kappa shape index (κ2) is 8.23. The molecule has 2 amide bonds. The average molecular weight is 384 g/mol. The summed E-state index contributed by atoms with van der Waals surface area (Å²) in [5.41, 5.74) is -0.568. The van der Waals surface area contributed by atoms with Gasteiger partial charge in [-0.2, -0.15) is 0 Å². The van der Waals surface area contributed by atoms with Crippen LogP contribution < -0.4 is 10.0 Å². The number of nitro groups is 1. The molecule has 26 heavy (non-hydrogen) atoms. The van der Waals surface area contributed by atoms with Crippen LogP contribution in [0.2, 0.25) is 0 Å². The maximum absolute atomic E-state index is 12.2. The van der Waals surface area contributed by atoms with Crippen LogP contribution in [0.3, 0.4) is 0 Å². The van der Waals surface area contributed by atoms with Crippen LogP contribution in [0.15, 0.2) is 29.2 Å². The third-order valence-corrected chi connectivity index (χ3v) is 5.30. The van der Waals surface area contributed by atoms with Crippen molar-refractivity contribution in [2.75, 3.05) is 19.6 Å². The van der Waals surface area contributed by atoms with Crippen LogP contribution in [0, 0.1) is 10.1 Å². The molecule has 11 heteroatoms. The van der Waals surface area contributed by atoms with Crippen molar-refractivity contribution in [3.8, 4) is 0 Å². The lowest BCUT2D eigenvalue weighted by atomic mass is 10.3. The standard InChI is InChI=1S/C15H20N4O6S/c1-11(10-18-8-4-7-15(18)21)17-14(20)9-16-26(24,25)13-6-3-2-5-12(13)19(22)23/h2-3,5-6,11,16H,4,7-10H2,1H3,(H,17,20). The molecule has 0 spiro atoms. The first-order valence-electron chi connectivity index (χ1n) is 8.01. The molecule has 0 saturated carbocycles. The van der Waals surface area contributed by atoms with Crippen molar-refractivity contribution in [3.05, 3.63) is 34.4 Å². The Kier molecular flexibility index (Phi) is 6.27. The van der Waals surface area contributed by atoms with Crippen molar-refractivity contribution in [1.82, 2.24) is 14.9 Å². The Morgan fingerprint density at radius 3 is 2.69 bits per heavy atom. The molecule has 1 saturated heterocycles. The van der Waals surface area contributed by atoms with Crippen molar-refractivity contribution >= 4 is 27.5 Å². The number of nitrogens with zero attached hydrogens (tertiary/aromatic N) is 2. The molecular weight excluding hydrogens is 364 g/mol. The summed E-state index contributed by atoms with van der Waals surface area (Å²) in [5, 5.41) is 13.5. The second-order valence-corrected chi connectivity index (χ2v) is 7.70. The van der Waals surface area contributed by atoms with Gasteiger partial charge in [0.25, 0.3) is 5.69 Å². The lowest BCUT2D eigenvalue weighted by molar-refractivity contribution is -0.387. The van der Waals surface area contributed by atoms with E-state index in [4.69, 9.17) is 0 Å². The number of rotatable bonds is 8. The number of benzene rings is 1. The van der Waals surface area contributed by atoms with Gasteiger partial charge in [-0.1, -0.05) is 12.1 Å². The third kappa shape index (κ3) is 4.99. The van der Waals surface area contributed by atoms with E-state index in [9.17, 15) is 28.1 Å². The molecule has 0 aliphatic carbocycles. The van der Waals surface area contributed by atoms with Crippen molar-refractivity contribution < 1.29 is 22.9 Å². The van der Waals surface area contributed by atoms with Gasteiger partial charge in [0.1, 0.15) is 0 Å². The van der Waals surface area contributed by atoms with Crippen LogP contribution in [0.25, 0.3) is 0 Å². The number of carbonyl (C=O) groups is 2. The lowest BCUT2D eigenvalue weighted by Crippen LogP contribution is -2.46. The molecule has 1 aliphatic heterocycles. The smallest absolute Gasteiger partial charge is 0.289 e. The quantitative estimate of drug-likeness (QED) is 0.478. The number of likely N-dealkylation sites (tertiary alicyclic amines) is 1. The van der Waals surface area contributed by atoms with E-state index in [-0.39, 0.29) is 11.9 Å². The molecule has 1 fully saturated rings. The van der Waals surface area contributed by atoms with E-state index in [1.54, 1.807) is 11.8 Å². The van der Waals surface area contributed by atoms with E-state index >= 15 is 0 Å². The van der Waals surface area contributed by atoms with Crippen molar-refractivity contribution in [3.63, 3.8) is 0 Å². The first-order valence-corrected chi connectivity index (χ1v) is 9.49. The van der Waals surface area contributed by atoms with Gasteiger partial charge >= 0.3 is 0 Å². The van der Waals surface area contributed by atoms with Crippen LogP contribution in [-0.4, -0.2) is 55.7 Å². The Bertz CT molecular complexity index is 810. The number of nitrogens with one attached hydrogen (secondary N) is 2. The third-order valence-electron chi connectivity index (χ3n) is 3.85. The van der Waals surface area contributed by atoms with E-state index in [2.05, 4.69) is 10.0 Å². The summed E-state index contributed by atoms with van der Waals surface area (Å²) in [4.78, 5) is 34.8. The average Bonchev–Trinajstić information content (AvgIpc) is 2.98. The molecule has 10 nitrogen and oxygen atoms in total. The van der Waals surface area contributed by atoms with E-state index < -0.39 is 38.0 Å². The molecular formula is C15H20N4O6S. The van der Waals surface area contributed by atoms with E-state index in [1.165, 1.54) is 12.1 Å². The van der Waals surface area contributed by atoms with Gasteiger partial charge in [-0.05, 0) is 19.4 Å². The molecule has 1 unspecified atom stereocenters. The summed E-state index contributed by atoms with van der Waals surface area (Å²) in [6.45, 7) is 2.14. The van der Waals surface area contributed by atoms with Gasteiger partial charge in [-0.15, -0.1) is 0 Å². The minimum Gasteiger partial charge on any atom is -0.351 e. The van der Waals surface area contributed by atoms with Gasteiger partial charge in [0.2, 0.25) is 21.8 Å². The summed E-state index contributed by atoms with van der Waals surface area (Å²) in [6, 6.07) is 4.53. The predicted molar refractivity (Wildman–Crippen MR) is 91.7 cm³/mol. The zero-order chi connectivity index (χ0) is 19.3. The number of nitro benzene ring substituents is 1. The normalized spacial score (nSPS) is 15.7. The highest BCUT2D eigenvalue weighted by Gasteiger charge is 2.26. The van der Waals surface area contributed by atoms with Crippen molar-refractivity contribution in [2.45, 2.75) is 30.7 Å². The number of para-hydroxylation sites is 1. The second-order valence-electron chi connectivity index (χ2n) is 5.96. The van der Waals surface area contributed by atoms with Crippen LogP contribution in [-0.2, 0) is 19.6 Å². The van der Waals surface area contributed by atoms with E-state index in [0.717, 1.165) is 18.6 Å². The summed E-state index contributed by atoms with van der Waals surface area (Å²) in [5.74, 6) is -0.561. The molecule has 0 aromatic heterocycles. The zero-order valence-electron chi connectivity index (χ0n) is 14.2. The zero-order valence-corrected chi connectivity index (χ0v) is 15.0. The number of hydrogen-bond donors (Lipinski definition) is 2. The Morgan fingerprint density at radius 2 is 2.08 bits per heavy atom. The summed E-state index contributed by atoms with van der Waals surface area (Å²) < 4.78 is 26.5. The Labute approximate surface area is 150 Å². The van der Waals surface area contributed by atoms with Gasteiger partial charge < -0.3 is 10.2 Å². The molecule has 0 radical (unpaired) electrons. The maximum Gasteiger partial charge on any atom is 0.289 e. The largest absolute Gasteiger partial charge is 0.351 e. The van der Waals surface area contributed by atoms with Crippen LogP contribution in [0.1, 0.15) is 19.8 Å². The maximum atomic E-state index is 12.2. The molecule has 1 aromatic carbocycles. The SMILES string of the molecule is CC(CN1CCCC1=O)NC(=O)CNS(=O)(=O)c1ccccc1[N+](=O)[O-]. The molecule has 1 aromatic rings. The highest BCUT2D eigenvalue weighted by Crippen LogP contribution is 2.22. The fourth-order valence-electron chi connectivity index (χ4n) is 2.67. The first kappa shape index (κ1) is 19.8. The van der Waals surface area contributed by atoms with Crippen LogP contribution in [0.4, 0.5) is 5.69 Å². The molecule has 1 aliphatic rings. The Hall–Kier alpha value is -2.53. The molecule has 2 N–H and O–H groups in total. The van der Waals surface area contributed by atoms with Gasteiger partial charge in [0.05, 0.1) is 11.5 Å². The molecule has 0 bridgehead atoms. The minimum absolute atomic E-state index is 0.0307. The van der Waals surface area contributed by atoms with Crippen molar-refractivity contribution in [1.29, 1.82) is 0 Å². The first-order chi connectivity index (χ1) is 12.2. The minimum atomic E-state index is -4.21. The fraction of sp³-hybridized carbons (Fsp3) is 0.467. The number of amides is 2. The predicted octanol–water partition coefficient (Wildman–Crippen LogP) is 0.000200. The molecule has 2 rings (SSSR count). The van der Waals surface area contributed by atoms with E-state index in [1.807, 2.05) is 0 Å². The van der Waals surface area contributed by atoms with Gasteiger partial charge in [0.15, 0.2) is 4.90 Å². The van der Waals surface area contributed by atoms with Gasteiger partial charge in [0, 0.05) is 31.6 Å². The van der Waals surface area contributed by atoms with Crippen LogP contribution >= 0.6 is 0 Å². The highest BCUT2D eigenvalue weighted by molar-refractivity contribution is 7.89. The summed E-state index contributed by atoms with van der Waals surface area (Å²) >= 11 is 0. The summed E-state index contributed by atoms with van der Waals surface area (Å²) in [7, 11) is -4.21. The van der Waals surface area contributed by atoms with Gasteiger partial charge in [-0.3, -0.25) is 19.7 Å². The number of carbonyl (C=O) groups excluding carboxylic acids is 2. The molecule has 142 valence electrons. The Balaban J connectivity index is 1.92. The monoisotopic (exact) mass is 384 g/mol. The lowest BCUT2D eigenvalue weighted by Gasteiger charge is -2.21. The number of sulfonamides is 1. The summed E-state index contributed by atoms with van der Waals surface area (Å²) in [6.07, 6.45) is 1.28. The van der Waals surface area contributed by atoms with Crippen LogP contribution in [0.5, 0.6) is 0 Å². The van der Waals surface area contributed by atoms with Crippen molar-refractivity contribution in [2.24, 2.45) is 0 Å². The molecule has 1 atom stereocenters.